The molecule has 0 spiro atoms. The summed E-state index contributed by atoms with van der Waals surface area (Å²) in [6.07, 6.45) is 5.33. The number of aromatic nitrogens is 1. The topological polar surface area (TPSA) is 75.4 Å². The first-order chi connectivity index (χ1) is 8.22. The van der Waals surface area contributed by atoms with E-state index in [0.717, 1.165) is 11.8 Å². The molecule has 1 heterocycles. The van der Waals surface area contributed by atoms with Crippen LogP contribution in [0.3, 0.4) is 0 Å². The Bertz CT molecular complexity index is 429. The molecule has 1 aromatic rings. The zero-order valence-corrected chi connectivity index (χ0v) is 9.56. The van der Waals surface area contributed by atoms with E-state index < -0.39 is 5.97 Å². The van der Waals surface area contributed by atoms with Crippen molar-refractivity contribution in [1.29, 1.82) is 0 Å². The third-order valence-electron chi connectivity index (χ3n) is 4.05. The highest BCUT2D eigenvalue weighted by molar-refractivity contribution is 5.85. The quantitative estimate of drug-likeness (QED) is 0.831. The standard InChI is InChI=1S/C12H16N2O3/c15-12(16)11-5-9(17-14-11)6-13-10-4-7-1-2-8(10)3-7/h5,7-8,10,13H,1-4,6H2,(H,15,16). The summed E-state index contributed by atoms with van der Waals surface area (Å²) < 4.78 is 4.97. The zero-order valence-electron chi connectivity index (χ0n) is 9.56. The molecule has 0 saturated heterocycles. The van der Waals surface area contributed by atoms with E-state index in [1.165, 1.54) is 31.7 Å². The molecule has 0 amide bonds. The van der Waals surface area contributed by atoms with Gasteiger partial charge in [-0.2, -0.15) is 0 Å². The summed E-state index contributed by atoms with van der Waals surface area (Å²) in [4.78, 5) is 10.6. The van der Waals surface area contributed by atoms with Gasteiger partial charge in [-0.15, -0.1) is 0 Å². The van der Waals surface area contributed by atoms with Gasteiger partial charge in [0.15, 0.2) is 11.5 Å². The number of hydrogen-bond acceptors (Lipinski definition) is 4. The summed E-state index contributed by atoms with van der Waals surface area (Å²) in [5.74, 6) is 1.27. The van der Waals surface area contributed by atoms with Gasteiger partial charge in [0, 0.05) is 12.1 Å². The molecular weight excluding hydrogens is 220 g/mol. The maximum atomic E-state index is 10.6. The molecule has 1 aromatic heterocycles. The molecule has 2 aliphatic carbocycles. The molecule has 5 heteroatoms. The second-order valence-corrected chi connectivity index (χ2v) is 5.15. The summed E-state index contributed by atoms with van der Waals surface area (Å²) in [7, 11) is 0. The lowest BCUT2D eigenvalue weighted by molar-refractivity contribution is 0.0685. The number of hydrogen-bond donors (Lipinski definition) is 2. The summed E-state index contributed by atoms with van der Waals surface area (Å²) in [5.41, 5.74) is -0.0188. The van der Waals surface area contributed by atoms with Crippen LogP contribution in [0.5, 0.6) is 0 Å². The van der Waals surface area contributed by atoms with E-state index >= 15 is 0 Å². The average molecular weight is 236 g/mol. The fraction of sp³-hybridized carbons (Fsp3) is 0.667. The van der Waals surface area contributed by atoms with Gasteiger partial charge in [0.2, 0.25) is 0 Å². The van der Waals surface area contributed by atoms with Gasteiger partial charge in [0.25, 0.3) is 0 Å². The van der Waals surface area contributed by atoms with Gasteiger partial charge in [-0.3, -0.25) is 0 Å². The Morgan fingerprint density at radius 1 is 1.53 bits per heavy atom. The first-order valence-electron chi connectivity index (χ1n) is 6.14. The van der Waals surface area contributed by atoms with Crippen LogP contribution < -0.4 is 5.32 Å². The highest BCUT2D eigenvalue weighted by Crippen LogP contribution is 2.44. The molecule has 5 nitrogen and oxygen atoms in total. The molecule has 92 valence electrons. The van der Waals surface area contributed by atoms with Crippen LogP contribution in [0.2, 0.25) is 0 Å². The van der Waals surface area contributed by atoms with E-state index in [4.69, 9.17) is 9.63 Å². The molecule has 2 aliphatic rings. The monoisotopic (exact) mass is 236 g/mol. The number of carbonyl (C=O) groups is 1. The van der Waals surface area contributed by atoms with Crippen LogP contribution in [0.1, 0.15) is 41.9 Å². The Morgan fingerprint density at radius 2 is 2.41 bits per heavy atom. The second kappa shape index (κ2) is 4.14. The van der Waals surface area contributed by atoms with Crippen molar-refractivity contribution in [2.45, 2.75) is 38.3 Å². The Balaban J connectivity index is 1.55. The minimum Gasteiger partial charge on any atom is -0.476 e. The third-order valence-corrected chi connectivity index (χ3v) is 4.05. The number of nitrogens with one attached hydrogen (secondary N) is 1. The summed E-state index contributed by atoms with van der Waals surface area (Å²) >= 11 is 0. The summed E-state index contributed by atoms with van der Waals surface area (Å²) in [6, 6.07) is 2.06. The third kappa shape index (κ3) is 2.07. The maximum Gasteiger partial charge on any atom is 0.358 e. The van der Waals surface area contributed by atoms with Crippen molar-refractivity contribution in [3.05, 3.63) is 17.5 Å². The average Bonchev–Trinajstić information content (AvgIpc) is 3.02. The van der Waals surface area contributed by atoms with E-state index in [-0.39, 0.29) is 5.69 Å². The van der Waals surface area contributed by atoms with Crippen molar-refractivity contribution in [3.63, 3.8) is 0 Å². The normalized spacial score (nSPS) is 30.9. The molecule has 0 aliphatic heterocycles. The smallest absolute Gasteiger partial charge is 0.358 e. The van der Waals surface area contributed by atoms with E-state index in [0.29, 0.717) is 18.3 Å². The van der Waals surface area contributed by atoms with Gasteiger partial charge in [-0.1, -0.05) is 11.6 Å². The molecule has 3 atom stereocenters. The van der Waals surface area contributed by atoms with Crippen LogP contribution in [0.15, 0.2) is 10.6 Å². The van der Waals surface area contributed by atoms with E-state index in [2.05, 4.69) is 10.5 Å². The number of carboxylic acid groups (broad SMARTS) is 1. The van der Waals surface area contributed by atoms with Gasteiger partial charge < -0.3 is 14.9 Å². The van der Waals surface area contributed by atoms with Crippen LogP contribution >= 0.6 is 0 Å². The second-order valence-electron chi connectivity index (χ2n) is 5.15. The van der Waals surface area contributed by atoms with Crippen molar-refractivity contribution in [2.24, 2.45) is 11.8 Å². The van der Waals surface area contributed by atoms with Crippen molar-refractivity contribution in [1.82, 2.24) is 10.5 Å². The Kier molecular flexibility index (Phi) is 2.63. The minimum atomic E-state index is -1.04. The Morgan fingerprint density at radius 3 is 3.00 bits per heavy atom. The Labute approximate surface area is 99.2 Å². The number of rotatable bonds is 4. The Hall–Kier alpha value is -1.36. The van der Waals surface area contributed by atoms with Gasteiger partial charge in [-0.05, 0) is 31.1 Å². The van der Waals surface area contributed by atoms with Crippen LogP contribution in [0, 0.1) is 11.8 Å². The molecule has 2 bridgehead atoms. The van der Waals surface area contributed by atoms with E-state index in [9.17, 15) is 4.79 Å². The predicted molar refractivity (Wildman–Crippen MR) is 59.5 cm³/mol. The molecule has 17 heavy (non-hydrogen) atoms. The predicted octanol–water partition coefficient (Wildman–Crippen LogP) is 1.65. The fourth-order valence-corrected chi connectivity index (χ4v) is 3.22. The molecule has 2 N–H and O–H groups in total. The maximum absolute atomic E-state index is 10.6. The summed E-state index contributed by atoms with van der Waals surface area (Å²) in [5, 5.41) is 15.7. The molecular formula is C12H16N2O3. The van der Waals surface area contributed by atoms with Crippen molar-refractivity contribution >= 4 is 5.97 Å². The number of fused-ring (bicyclic) bond motifs is 2. The minimum absolute atomic E-state index is 0.0188. The molecule has 0 radical (unpaired) electrons. The van der Waals surface area contributed by atoms with Crippen molar-refractivity contribution in [2.75, 3.05) is 0 Å². The van der Waals surface area contributed by atoms with E-state index in [1.807, 2.05) is 0 Å². The summed E-state index contributed by atoms with van der Waals surface area (Å²) in [6.45, 7) is 0.578. The van der Waals surface area contributed by atoms with Gasteiger partial charge in [-0.25, -0.2) is 4.79 Å². The molecule has 3 unspecified atom stereocenters. The molecule has 2 saturated carbocycles. The molecule has 3 rings (SSSR count). The van der Waals surface area contributed by atoms with Crippen LogP contribution in [-0.4, -0.2) is 22.3 Å². The largest absolute Gasteiger partial charge is 0.476 e. The number of carboxylic acids is 1. The number of nitrogens with zero attached hydrogens (tertiary/aromatic N) is 1. The van der Waals surface area contributed by atoms with Crippen LogP contribution in [-0.2, 0) is 6.54 Å². The van der Waals surface area contributed by atoms with Crippen molar-refractivity contribution in [3.8, 4) is 0 Å². The first-order valence-corrected chi connectivity index (χ1v) is 6.14. The SMILES string of the molecule is O=C(O)c1cc(CNC2CC3CCC2C3)on1. The van der Waals surface area contributed by atoms with E-state index in [1.54, 1.807) is 0 Å². The lowest BCUT2D eigenvalue weighted by Crippen LogP contribution is -2.33. The molecule has 2 fully saturated rings. The van der Waals surface area contributed by atoms with Gasteiger partial charge in [0.1, 0.15) is 0 Å². The van der Waals surface area contributed by atoms with Crippen LogP contribution in [0.25, 0.3) is 0 Å². The fourth-order valence-electron chi connectivity index (χ4n) is 3.22. The zero-order chi connectivity index (χ0) is 11.8. The lowest BCUT2D eigenvalue weighted by Gasteiger charge is -2.22. The lowest BCUT2D eigenvalue weighted by atomic mass is 9.95. The van der Waals surface area contributed by atoms with Gasteiger partial charge in [0.05, 0.1) is 6.54 Å². The van der Waals surface area contributed by atoms with Crippen molar-refractivity contribution < 1.29 is 14.4 Å². The highest BCUT2D eigenvalue weighted by atomic mass is 16.5. The molecule has 0 aromatic carbocycles. The van der Waals surface area contributed by atoms with Gasteiger partial charge >= 0.3 is 5.97 Å². The number of aromatic carboxylic acids is 1. The van der Waals surface area contributed by atoms with Crippen LogP contribution in [0.4, 0.5) is 0 Å². The first kappa shape index (κ1) is 10.8. The highest BCUT2D eigenvalue weighted by Gasteiger charge is 2.39.